The number of halogens is 1. The van der Waals surface area contributed by atoms with Crippen LogP contribution in [0.15, 0.2) is 42.5 Å². The van der Waals surface area contributed by atoms with Crippen LogP contribution in [0.1, 0.15) is 44.2 Å². The lowest BCUT2D eigenvalue weighted by Gasteiger charge is -2.14. The SMILES string of the molecule is CCC(C)c1cc(-c2ccc(C[C@H](NC)C(C)=O)cc2)ccc1F. The summed E-state index contributed by atoms with van der Waals surface area (Å²) in [5.41, 5.74) is 3.96. The normalized spacial score (nSPS) is 13.5. The third kappa shape index (κ3) is 4.30. The first-order valence-corrected chi connectivity index (χ1v) is 8.52. The molecule has 0 radical (unpaired) electrons. The van der Waals surface area contributed by atoms with Gasteiger partial charge in [0.15, 0.2) is 0 Å². The zero-order chi connectivity index (χ0) is 17.7. The number of rotatable bonds is 7. The summed E-state index contributed by atoms with van der Waals surface area (Å²) in [5, 5.41) is 3.04. The average Bonchev–Trinajstić information content (AvgIpc) is 2.59. The van der Waals surface area contributed by atoms with Crippen molar-refractivity contribution in [1.82, 2.24) is 5.32 Å². The molecule has 0 heterocycles. The molecule has 3 heteroatoms. The van der Waals surface area contributed by atoms with E-state index in [1.807, 2.05) is 43.3 Å². The first-order chi connectivity index (χ1) is 11.5. The molecule has 0 aliphatic rings. The van der Waals surface area contributed by atoms with E-state index in [2.05, 4.69) is 12.2 Å². The van der Waals surface area contributed by atoms with Crippen LogP contribution in [0, 0.1) is 5.82 Å². The van der Waals surface area contributed by atoms with Crippen LogP contribution in [0.2, 0.25) is 0 Å². The van der Waals surface area contributed by atoms with E-state index >= 15 is 0 Å². The van der Waals surface area contributed by atoms with E-state index in [9.17, 15) is 9.18 Å². The highest BCUT2D eigenvalue weighted by molar-refractivity contribution is 5.81. The number of nitrogens with one attached hydrogen (secondary N) is 1. The first kappa shape index (κ1) is 18.3. The van der Waals surface area contributed by atoms with Gasteiger partial charge in [-0.25, -0.2) is 4.39 Å². The molecule has 2 aromatic carbocycles. The number of Topliss-reactive ketones (excluding diaryl/α,β-unsaturated/α-hetero) is 1. The number of carbonyl (C=O) groups is 1. The minimum Gasteiger partial charge on any atom is -0.310 e. The lowest BCUT2D eigenvalue weighted by atomic mass is 9.93. The second kappa shape index (κ2) is 8.20. The predicted molar refractivity (Wildman–Crippen MR) is 97.8 cm³/mol. The maximum Gasteiger partial charge on any atom is 0.147 e. The van der Waals surface area contributed by atoms with E-state index in [4.69, 9.17) is 0 Å². The lowest BCUT2D eigenvalue weighted by Crippen LogP contribution is -2.34. The number of hydrogen-bond acceptors (Lipinski definition) is 2. The lowest BCUT2D eigenvalue weighted by molar-refractivity contribution is -0.118. The summed E-state index contributed by atoms with van der Waals surface area (Å²) in [6.45, 7) is 5.72. The van der Waals surface area contributed by atoms with Crippen molar-refractivity contribution in [2.24, 2.45) is 0 Å². The van der Waals surface area contributed by atoms with E-state index in [0.717, 1.165) is 28.7 Å². The van der Waals surface area contributed by atoms with Crippen molar-refractivity contribution in [3.05, 3.63) is 59.4 Å². The fourth-order valence-electron chi connectivity index (χ4n) is 2.84. The Morgan fingerprint density at radius 1 is 1.12 bits per heavy atom. The maximum absolute atomic E-state index is 14.0. The van der Waals surface area contributed by atoms with Gasteiger partial charge in [0.25, 0.3) is 0 Å². The van der Waals surface area contributed by atoms with Crippen LogP contribution < -0.4 is 5.32 Å². The summed E-state index contributed by atoms with van der Waals surface area (Å²) >= 11 is 0. The van der Waals surface area contributed by atoms with E-state index < -0.39 is 0 Å². The molecular weight excluding hydrogens is 301 g/mol. The molecule has 1 N–H and O–H groups in total. The van der Waals surface area contributed by atoms with Crippen molar-refractivity contribution in [1.29, 1.82) is 0 Å². The molecule has 24 heavy (non-hydrogen) atoms. The molecule has 0 saturated heterocycles. The molecule has 0 amide bonds. The molecule has 2 atom stereocenters. The van der Waals surface area contributed by atoms with Gasteiger partial charge in [-0.15, -0.1) is 0 Å². The van der Waals surface area contributed by atoms with E-state index in [0.29, 0.717) is 6.42 Å². The van der Waals surface area contributed by atoms with Crippen LogP contribution in [-0.4, -0.2) is 18.9 Å². The van der Waals surface area contributed by atoms with Crippen LogP contribution in [0.3, 0.4) is 0 Å². The summed E-state index contributed by atoms with van der Waals surface area (Å²) in [6.07, 6.45) is 1.59. The average molecular weight is 327 g/mol. The fraction of sp³-hybridized carbons (Fsp3) is 0.381. The van der Waals surface area contributed by atoms with Crippen molar-refractivity contribution in [3.63, 3.8) is 0 Å². The molecule has 0 aliphatic carbocycles. The molecule has 0 spiro atoms. The van der Waals surface area contributed by atoms with Crippen LogP contribution in [-0.2, 0) is 11.2 Å². The highest BCUT2D eigenvalue weighted by atomic mass is 19.1. The van der Waals surface area contributed by atoms with Gasteiger partial charge in [-0.3, -0.25) is 4.79 Å². The second-order valence-corrected chi connectivity index (χ2v) is 6.40. The number of likely N-dealkylation sites (N-methyl/N-ethyl adjacent to an activating group) is 1. The fourth-order valence-corrected chi connectivity index (χ4v) is 2.84. The molecule has 2 nitrogen and oxygen atoms in total. The highest BCUT2D eigenvalue weighted by Crippen LogP contribution is 2.28. The molecule has 0 aromatic heterocycles. The zero-order valence-corrected chi connectivity index (χ0v) is 14.9. The number of carbonyl (C=O) groups excluding carboxylic acids is 1. The van der Waals surface area contributed by atoms with Crippen molar-refractivity contribution in [2.45, 2.75) is 45.6 Å². The standard InChI is InChI=1S/C21H26FNO/c1-5-14(2)19-13-18(10-11-20(19)22)17-8-6-16(7-9-17)12-21(23-4)15(3)24/h6-11,13-14,21,23H,5,12H2,1-4H3/t14?,21-/m0/s1. The van der Waals surface area contributed by atoms with Crippen LogP contribution in [0.25, 0.3) is 11.1 Å². The van der Waals surface area contributed by atoms with Gasteiger partial charge >= 0.3 is 0 Å². The van der Waals surface area contributed by atoms with Crippen LogP contribution in [0.4, 0.5) is 4.39 Å². The van der Waals surface area contributed by atoms with Gasteiger partial charge in [0.05, 0.1) is 6.04 Å². The molecule has 128 valence electrons. The third-order valence-electron chi connectivity index (χ3n) is 4.71. The molecule has 0 bridgehead atoms. The van der Waals surface area contributed by atoms with Crippen molar-refractivity contribution >= 4 is 5.78 Å². The van der Waals surface area contributed by atoms with Gasteiger partial charge in [0.2, 0.25) is 0 Å². The van der Waals surface area contributed by atoms with Crippen LogP contribution in [0.5, 0.6) is 0 Å². The molecular formula is C21H26FNO. The summed E-state index contributed by atoms with van der Waals surface area (Å²) in [7, 11) is 1.80. The molecule has 0 saturated carbocycles. The second-order valence-electron chi connectivity index (χ2n) is 6.40. The molecule has 0 fully saturated rings. The van der Waals surface area contributed by atoms with Gasteiger partial charge in [-0.05, 0) is 67.1 Å². The topological polar surface area (TPSA) is 29.1 Å². The number of ketones is 1. The summed E-state index contributed by atoms with van der Waals surface area (Å²) in [6, 6.07) is 13.3. The smallest absolute Gasteiger partial charge is 0.147 e. The minimum atomic E-state index is -0.154. The van der Waals surface area contributed by atoms with Gasteiger partial charge < -0.3 is 5.32 Å². The quantitative estimate of drug-likeness (QED) is 0.797. The third-order valence-corrected chi connectivity index (χ3v) is 4.71. The molecule has 0 aliphatic heterocycles. The Bertz CT molecular complexity index is 693. The molecule has 2 aromatic rings. The maximum atomic E-state index is 14.0. The Morgan fingerprint density at radius 2 is 1.75 bits per heavy atom. The van der Waals surface area contributed by atoms with Crippen molar-refractivity contribution in [3.8, 4) is 11.1 Å². The number of benzene rings is 2. The largest absolute Gasteiger partial charge is 0.310 e. The Labute approximate surface area is 144 Å². The Hall–Kier alpha value is -2.00. The van der Waals surface area contributed by atoms with Gasteiger partial charge in [-0.1, -0.05) is 44.2 Å². The predicted octanol–water partition coefficient (Wildman–Crippen LogP) is 4.73. The van der Waals surface area contributed by atoms with Crippen molar-refractivity contribution in [2.75, 3.05) is 7.05 Å². The monoisotopic (exact) mass is 327 g/mol. The molecule has 1 unspecified atom stereocenters. The summed E-state index contributed by atoms with van der Waals surface area (Å²) < 4.78 is 14.0. The number of hydrogen-bond donors (Lipinski definition) is 1. The van der Waals surface area contributed by atoms with Gasteiger partial charge in [0, 0.05) is 0 Å². The Balaban J connectivity index is 2.23. The van der Waals surface area contributed by atoms with Crippen LogP contribution >= 0.6 is 0 Å². The van der Waals surface area contributed by atoms with Gasteiger partial charge in [-0.2, -0.15) is 0 Å². The van der Waals surface area contributed by atoms with E-state index in [1.54, 1.807) is 20.0 Å². The minimum absolute atomic E-state index is 0.136. The first-order valence-electron chi connectivity index (χ1n) is 8.52. The van der Waals surface area contributed by atoms with E-state index in [1.165, 1.54) is 0 Å². The Kier molecular flexibility index (Phi) is 6.27. The molecule has 2 rings (SSSR count). The summed E-state index contributed by atoms with van der Waals surface area (Å²) in [5.74, 6) is 0.206. The Morgan fingerprint density at radius 3 is 2.29 bits per heavy atom. The zero-order valence-electron chi connectivity index (χ0n) is 14.9. The highest BCUT2D eigenvalue weighted by Gasteiger charge is 2.13. The van der Waals surface area contributed by atoms with Gasteiger partial charge in [0.1, 0.15) is 11.6 Å². The van der Waals surface area contributed by atoms with Crippen molar-refractivity contribution < 1.29 is 9.18 Å². The summed E-state index contributed by atoms with van der Waals surface area (Å²) in [4.78, 5) is 11.5. The van der Waals surface area contributed by atoms with E-state index in [-0.39, 0.29) is 23.6 Å².